The Kier molecular flexibility index (Phi) is 2.80. The summed E-state index contributed by atoms with van der Waals surface area (Å²) in [6, 6.07) is 2.12. The Morgan fingerprint density at radius 3 is 2.67 bits per heavy atom. The fraction of sp³-hybridized carbons (Fsp3) is 0. The summed E-state index contributed by atoms with van der Waals surface area (Å²) in [6.07, 6.45) is 1.74. The molecule has 2 rings (SSSR count). The van der Waals surface area contributed by atoms with Crippen molar-refractivity contribution >= 4 is 78.8 Å². The zero-order chi connectivity index (χ0) is 8.72. The molecule has 0 aliphatic rings. The Hall–Kier alpha value is 0.880. The zero-order valence-electron chi connectivity index (χ0n) is 5.74. The first kappa shape index (κ1) is 9.44. The minimum atomic E-state index is 1.07. The van der Waals surface area contributed by atoms with Crippen LogP contribution < -0.4 is 0 Å². The summed E-state index contributed by atoms with van der Waals surface area (Å²) >= 11 is 7.01. The highest BCUT2D eigenvalue weighted by molar-refractivity contribution is 14.1. The summed E-state index contributed by atoms with van der Waals surface area (Å²) in [5, 5.41) is 0. The molecule has 1 aromatic carbocycles. The first-order valence-electron chi connectivity index (χ1n) is 3.16. The summed E-state index contributed by atoms with van der Waals surface area (Å²) in [4.78, 5) is 7.35. The van der Waals surface area contributed by atoms with E-state index in [9.17, 15) is 0 Å². The number of hydrogen-bond donors (Lipinski definition) is 1. The first-order chi connectivity index (χ1) is 5.70. The van der Waals surface area contributed by atoms with E-state index in [4.69, 9.17) is 0 Å². The molecule has 2 aromatic rings. The molecule has 0 amide bonds. The first-order valence-corrected chi connectivity index (χ1v) is 6.40. The SMILES string of the molecule is Ic1cc2[nH]cnc2c(I)c1I. The number of nitrogens with zero attached hydrogens (tertiary/aromatic N) is 1. The van der Waals surface area contributed by atoms with Gasteiger partial charge in [0.2, 0.25) is 0 Å². The van der Waals surface area contributed by atoms with Crippen molar-refractivity contribution in [1.82, 2.24) is 9.97 Å². The van der Waals surface area contributed by atoms with E-state index in [0.717, 1.165) is 11.0 Å². The van der Waals surface area contributed by atoms with Crippen LogP contribution in [0.5, 0.6) is 0 Å². The van der Waals surface area contributed by atoms with Crippen molar-refractivity contribution in [3.63, 3.8) is 0 Å². The van der Waals surface area contributed by atoms with Crippen molar-refractivity contribution < 1.29 is 0 Å². The molecule has 1 heterocycles. The fourth-order valence-corrected chi connectivity index (χ4v) is 3.22. The van der Waals surface area contributed by atoms with Crippen molar-refractivity contribution in [2.24, 2.45) is 0 Å². The van der Waals surface area contributed by atoms with Gasteiger partial charge in [0.05, 0.1) is 15.4 Å². The highest BCUT2D eigenvalue weighted by atomic mass is 127. The molecular weight excluding hydrogens is 493 g/mol. The number of fused-ring (bicyclic) bond motifs is 1. The van der Waals surface area contributed by atoms with E-state index in [1.54, 1.807) is 6.33 Å². The molecule has 12 heavy (non-hydrogen) atoms. The lowest BCUT2D eigenvalue weighted by atomic mass is 10.3. The lowest BCUT2D eigenvalue weighted by Gasteiger charge is -1.99. The normalized spacial score (nSPS) is 10.9. The van der Waals surface area contributed by atoms with E-state index in [1.807, 2.05) is 0 Å². The number of rotatable bonds is 0. The lowest BCUT2D eigenvalue weighted by molar-refractivity contribution is 1.34. The van der Waals surface area contributed by atoms with Gasteiger partial charge in [-0.25, -0.2) is 4.98 Å². The summed E-state index contributed by atoms with van der Waals surface area (Å²) in [7, 11) is 0. The lowest BCUT2D eigenvalue weighted by Crippen LogP contribution is -1.86. The smallest absolute Gasteiger partial charge is 0.103 e. The van der Waals surface area contributed by atoms with Gasteiger partial charge in [-0.2, -0.15) is 0 Å². The molecule has 0 spiro atoms. The van der Waals surface area contributed by atoms with Gasteiger partial charge >= 0.3 is 0 Å². The van der Waals surface area contributed by atoms with Crippen LogP contribution in [0.4, 0.5) is 0 Å². The van der Waals surface area contributed by atoms with Crippen LogP contribution in [0, 0.1) is 10.7 Å². The second-order valence-electron chi connectivity index (χ2n) is 2.29. The van der Waals surface area contributed by atoms with Crippen LogP contribution in [-0.2, 0) is 0 Å². The maximum absolute atomic E-state index is 4.25. The van der Waals surface area contributed by atoms with E-state index in [2.05, 4.69) is 83.8 Å². The van der Waals surface area contributed by atoms with Gasteiger partial charge in [-0.15, -0.1) is 0 Å². The van der Waals surface area contributed by atoms with Crippen LogP contribution >= 0.6 is 67.8 Å². The quantitative estimate of drug-likeness (QED) is 0.441. The van der Waals surface area contributed by atoms with Crippen molar-refractivity contribution in [1.29, 1.82) is 0 Å². The Labute approximate surface area is 110 Å². The Morgan fingerprint density at radius 2 is 1.92 bits per heavy atom. The number of H-pyrrole nitrogens is 1. The van der Waals surface area contributed by atoms with E-state index in [0.29, 0.717) is 0 Å². The second-order valence-corrected chi connectivity index (χ2v) is 5.60. The summed E-state index contributed by atoms with van der Waals surface area (Å²) in [5.41, 5.74) is 2.18. The van der Waals surface area contributed by atoms with Gasteiger partial charge in [0, 0.05) is 7.14 Å². The van der Waals surface area contributed by atoms with Gasteiger partial charge in [0.15, 0.2) is 0 Å². The summed E-state index contributed by atoms with van der Waals surface area (Å²) < 4.78 is 3.79. The third kappa shape index (κ3) is 1.47. The van der Waals surface area contributed by atoms with Gasteiger partial charge in [-0.3, -0.25) is 0 Å². The zero-order valence-corrected chi connectivity index (χ0v) is 12.2. The minimum absolute atomic E-state index is 1.07. The molecule has 1 N–H and O–H groups in total. The van der Waals surface area contributed by atoms with Gasteiger partial charge in [-0.1, -0.05) is 0 Å². The molecule has 0 unspecified atom stereocenters. The number of aromatic nitrogens is 2. The highest BCUT2D eigenvalue weighted by Crippen LogP contribution is 2.27. The van der Waals surface area contributed by atoms with Crippen LogP contribution in [-0.4, -0.2) is 9.97 Å². The van der Waals surface area contributed by atoms with E-state index in [-0.39, 0.29) is 0 Å². The third-order valence-electron chi connectivity index (χ3n) is 1.55. The van der Waals surface area contributed by atoms with E-state index in [1.165, 1.54) is 10.7 Å². The van der Waals surface area contributed by atoms with Gasteiger partial charge < -0.3 is 4.98 Å². The number of hydrogen-bond acceptors (Lipinski definition) is 1. The molecule has 0 fully saturated rings. The highest BCUT2D eigenvalue weighted by Gasteiger charge is 2.08. The average molecular weight is 496 g/mol. The summed E-state index contributed by atoms with van der Waals surface area (Å²) in [5.74, 6) is 0. The number of halogens is 3. The molecule has 62 valence electrons. The maximum Gasteiger partial charge on any atom is 0.103 e. The van der Waals surface area contributed by atoms with Gasteiger partial charge in [-0.05, 0) is 73.8 Å². The monoisotopic (exact) mass is 496 g/mol. The summed E-state index contributed by atoms with van der Waals surface area (Å²) in [6.45, 7) is 0. The number of imidazole rings is 1. The molecule has 2 nitrogen and oxygen atoms in total. The Bertz CT molecular complexity index is 435. The molecule has 0 radical (unpaired) electrons. The van der Waals surface area contributed by atoms with Gasteiger partial charge in [0.1, 0.15) is 5.52 Å². The van der Waals surface area contributed by atoms with Crippen molar-refractivity contribution in [3.8, 4) is 0 Å². The number of benzene rings is 1. The molecule has 0 aliphatic carbocycles. The molecule has 0 aliphatic heterocycles. The Balaban J connectivity index is 2.94. The van der Waals surface area contributed by atoms with Crippen LogP contribution in [0.15, 0.2) is 12.4 Å². The van der Waals surface area contributed by atoms with Crippen molar-refractivity contribution in [3.05, 3.63) is 23.1 Å². The van der Waals surface area contributed by atoms with Gasteiger partial charge in [0.25, 0.3) is 0 Å². The molecule has 0 saturated carbocycles. The number of aromatic amines is 1. The predicted octanol–water partition coefficient (Wildman–Crippen LogP) is 3.38. The van der Waals surface area contributed by atoms with E-state index >= 15 is 0 Å². The second kappa shape index (κ2) is 3.56. The molecule has 0 saturated heterocycles. The molecule has 1 aromatic heterocycles. The van der Waals surface area contributed by atoms with Crippen molar-refractivity contribution in [2.45, 2.75) is 0 Å². The van der Waals surface area contributed by atoms with Crippen LogP contribution in [0.3, 0.4) is 0 Å². The van der Waals surface area contributed by atoms with Crippen LogP contribution in [0.2, 0.25) is 0 Å². The van der Waals surface area contributed by atoms with Crippen molar-refractivity contribution in [2.75, 3.05) is 0 Å². The molecule has 5 heteroatoms. The predicted molar refractivity (Wildman–Crippen MR) is 74.2 cm³/mol. The van der Waals surface area contributed by atoms with Crippen LogP contribution in [0.1, 0.15) is 0 Å². The molecular formula is C7H3I3N2. The third-order valence-corrected chi connectivity index (χ3v) is 6.64. The topological polar surface area (TPSA) is 28.7 Å². The standard InChI is InChI=1S/C7H3I3N2/c8-3-1-4-7(12-2-11-4)6(10)5(3)9/h1-2H,(H,11,12). The average Bonchev–Trinajstić information content (AvgIpc) is 2.48. The van der Waals surface area contributed by atoms with Crippen LogP contribution in [0.25, 0.3) is 11.0 Å². The number of nitrogens with one attached hydrogen (secondary N) is 1. The molecule has 0 bridgehead atoms. The van der Waals surface area contributed by atoms with E-state index < -0.39 is 0 Å². The molecule has 0 atom stereocenters. The Morgan fingerprint density at radius 1 is 1.17 bits per heavy atom. The largest absolute Gasteiger partial charge is 0.345 e. The maximum atomic E-state index is 4.25. The fourth-order valence-electron chi connectivity index (χ4n) is 0.988. The minimum Gasteiger partial charge on any atom is -0.345 e.